The summed E-state index contributed by atoms with van der Waals surface area (Å²) in [6.07, 6.45) is -4.77. The third-order valence-electron chi connectivity index (χ3n) is 2.61. The van der Waals surface area contributed by atoms with E-state index in [-0.39, 0.29) is 41.4 Å². The number of hydrogen-bond acceptors (Lipinski definition) is 4. The number of alkyl halides is 3. The Morgan fingerprint density at radius 3 is 2.70 bits per heavy atom. The highest BCUT2D eigenvalue weighted by Crippen LogP contribution is 2.29. The van der Waals surface area contributed by atoms with Crippen LogP contribution in [0.3, 0.4) is 0 Å². The molecular formula is C13H14F3IN4OS. The van der Waals surface area contributed by atoms with Crippen molar-refractivity contribution < 1.29 is 17.9 Å². The second kappa shape index (κ2) is 8.34. The number of guanidine groups is 1. The van der Waals surface area contributed by atoms with Gasteiger partial charge in [0.1, 0.15) is 0 Å². The maximum absolute atomic E-state index is 12.3. The highest BCUT2D eigenvalue weighted by Gasteiger charge is 2.32. The van der Waals surface area contributed by atoms with Crippen LogP contribution < -0.4 is 15.8 Å². The normalized spacial score (nSPS) is 11.7. The lowest BCUT2D eigenvalue weighted by Gasteiger charge is -2.14. The molecule has 126 valence electrons. The van der Waals surface area contributed by atoms with Crippen LogP contribution in [0.4, 0.5) is 18.9 Å². The highest BCUT2D eigenvalue weighted by atomic mass is 127. The van der Waals surface area contributed by atoms with Gasteiger partial charge >= 0.3 is 6.36 Å². The third kappa shape index (κ3) is 6.22. The molecule has 1 aromatic heterocycles. The lowest BCUT2D eigenvalue weighted by atomic mass is 10.3. The van der Waals surface area contributed by atoms with Crippen LogP contribution in [-0.2, 0) is 6.54 Å². The van der Waals surface area contributed by atoms with E-state index < -0.39 is 6.36 Å². The summed E-state index contributed by atoms with van der Waals surface area (Å²) in [7, 11) is 0. The number of halogens is 4. The summed E-state index contributed by atoms with van der Waals surface area (Å²) in [5.74, 6) is -0.381. The Balaban J connectivity index is 0.00000264. The Hall–Kier alpha value is -1.56. The van der Waals surface area contributed by atoms with Crippen molar-refractivity contribution in [2.45, 2.75) is 19.8 Å². The van der Waals surface area contributed by atoms with Gasteiger partial charge in [0.2, 0.25) is 0 Å². The number of aryl methyl sites for hydroxylation is 1. The first-order valence-corrected chi connectivity index (χ1v) is 7.04. The largest absolute Gasteiger partial charge is 0.573 e. The van der Waals surface area contributed by atoms with E-state index in [0.717, 1.165) is 10.6 Å². The van der Waals surface area contributed by atoms with E-state index in [1.165, 1.54) is 29.5 Å². The smallest absolute Gasteiger partial charge is 0.404 e. The van der Waals surface area contributed by atoms with Gasteiger partial charge < -0.3 is 15.8 Å². The number of nitrogens with two attached hydrogens (primary N) is 1. The van der Waals surface area contributed by atoms with E-state index in [0.29, 0.717) is 6.54 Å². The molecule has 1 heterocycles. The lowest BCUT2D eigenvalue weighted by Crippen LogP contribution is -2.24. The molecule has 0 atom stereocenters. The molecule has 2 aromatic rings. The number of aliphatic imine (C=N–C) groups is 1. The molecule has 0 spiro atoms. The maximum atomic E-state index is 12.3. The van der Waals surface area contributed by atoms with Crippen molar-refractivity contribution in [3.8, 4) is 5.75 Å². The topological polar surface area (TPSA) is 72.5 Å². The van der Waals surface area contributed by atoms with Crippen LogP contribution in [0, 0.1) is 6.92 Å². The van der Waals surface area contributed by atoms with Gasteiger partial charge in [-0.05, 0) is 19.1 Å². The van der Waals surface area contributed by atoms with Crippen molar-refractivity contribution >= 4 is 47.0 Å². The van der Waals surface area contributed by atoms with Gasteiger partial charge in [-0.1, -0.05) is 12.1 Å². The van der Waals surface area contributed by atoms with E-state index in [9.17, 15) is 13.2 Å². The Morgan fingerprint density at radius 2 is 2.09 bits per heavy atom. The van der Waals surface area contributed by atoms with Gasteiger partial charge in [-0.15, -0.1) is 48.5 Å². The van der Waals surface area contributed by atoms with Crippen molar-refractivity contribution in [3.63, 3.8) is 0 Å². The monoisotopic (exact) mass is 458 g/mol. The van der Waals surface area contributed by atoms with Gasteiger partial charge in [0.05, 0.1) is 23.4 Å². The molecule has 0 fully saturated rings. The summed E-state index contributed by atoms with van der Waals surface area (Å²) in [5.41, 5.74) is 8.32. The minimum Gasteiger partial charge on any atom is -0.404 e. The van der Waals surface area contributed by atoms with Crippen LogP contribution in [0.1, 0.15) is 10.6 Å². The van der Waals surface area contributed by atoms with Crippen LogP contribution in [0.15, 0.2) is 34.8 Å². The number of nitrogens with zero attached hydrogens (tertiary/aromatic N) is 2. The molecule has 23 heavy (non-hydrogen) atoms. The van der Waals surface area contributed by atoms with Gasteiger partial charge in [-0.2, -0.15) is 0 Å². The molecule has 0 aliphatic carbocycles. The molecule has 0 aliphatic rings. The van der Waals surface area contributed by atoms with Crippen LogP contribution in [-0.4, -0.2) is 17.3 Å². The third-order valence-corrected chi connectivity index (χ3v) is 3.53. The number of benzene rings is 1. The van der Waals surface area contributed by atoms with E-state index in [2.05, 4.69) is 20.0 Å². The SMILES string of the molecule is Cc1ncsc1CN=C(N)Nc1ccccc1OC(F)(F)F.I. The first kappa shape index (κ1) is 19.5. The highest BCUT2D eigenvalue weighted by molar-refractivity contribution is 14.0. The van der Waals surface area contributed by atoms with Gasteiger partial charge in [0.15, 0.2) is 11.7 Å². The molecule has 3 N–H and O–H groups in total. The second-order valence-corrected chi connectivity index (χ2v) is 5.17. The minimum atomic E-state index is -4.77. The lowest BCUT2D eigenvalue weighted by molar-refractivity contribution is -0.274. The molecule has 0 unspecified atom stereocenters. The average molecular weight is 458 g/mol. The molecular weight excluding hydrogens is 444 g/mol. The van der Waals surface area contributed by atoms with Gasteiger partial charge in [-0.25, -0.2) is 9.98 Å². The summed E-state index contributed by atoms with van der Waals surface area (Å²) in [5, 5.41) is 2.60. The first-order valence-electron chi connectivity index (χ1n) is 6.16. The molecule has 0 aliphatic heterocycles. The van der Waals surface area contributed by atoms with E-state index in [4.69, 9.17) is 5.73 Å². The zero-order valence-corrected chi connectivity index (χ0v) is 15.1. The van der Waals surface area contributed by atoms with E-state index in [1.54, 1.807) is 11.6 Å². The Morgan fingerprint density at radius 1 is 1.39 bits per heavy atom. The zero-order valence-electron chi connectivity index (χ0n) is 11.9. The number of rotatable bonds is 4. The molecule has 0 saturated carbocycles. The van der Waals surface area contributed by atoms with Crippen molar-refractivity contribution in [1.29, 1.82) is 0 Å². The van der Waals surface area contributed by atoms with Crippen molar-refractivity contribution in [1.82, 2.24) is 4.98 Å². The fourth-order valence-electron chi connectivity index (χ4n) is 1.60. The van der Waals surface area contributed by atoms with Gasteiger partial charge in [0, 0.05) is 4.88 Å². The van der Waals surface area contributed by atoms with E-state index >= 15 is 0 Å². The number of aromatic nitrogens is 1. The fourth-order valence-corrected chi connectivity index (χ4v) is 2.30. The predicted octanol–water partition coefficient (Wildman–Crippen LogP) is 3.89. The number of ether oxygens (including phenoxy) is 1. The first-order chi connectivity index (χ1) is 10.3. The quantitative estimate of drug-likeness (QED) is 0.415. The Labute approximate surface area is 151 Å². The fraction of sp³-hybridized carbons (Fsp3) is 0.231. The van der Waals surface area contributed by atoms with Crippen LogP contribution in [0.5, 0.6) is 5.75 Å². The maximum Gasteiger partial charge on any atom is 0.573 e. The summed E-state index contributed by atoms with van der Waals surface area (Å²) < 4.78 is 40.9. The summed E-state index contributed by atoms with van der Waals surface area (Å²) in [6.45, 7) is 2.15. The van der Waals surface area contributed by atoms with E-state index in [1.807, 2.05) is 6.92 Å². The zero-order chi connectivity index (χ0) is 16.2. The summed E-state index contributed by atoms with van der Waals surface area (Å²) in [6, 6.07) is 5.60. The number of thiazole rings is 1. The van der Waals surface area contributed by atoms with Gasteiger partial charge in [0.25, 0.3) is 0 Å². The summed E-state index contributed by atoms with van der Waals surface area (Å²) in [4.78, 5) is 9.09. The predicted molar refractivity (Wildman–Crippen MR) is 94.3 cm³/mol. The Bertz CT molecular complexity index is 675. The molecule has 5 nitrogen and oxygen atoms in total. The number of hydrogen-bond donors (Lipinski definition) is 2. The van der Waals surface area contributed by atoms with Crippen molar-refractivity contribution in [2.24, 2.45) is 10.7 Å². The molecule has 0 amide bonds. The number of anilines is 1. The van der Waals surface area contributed by atoms with Crippen molar-refractivity contribution in [2.75, 3.05) is 5.32 Å². The summed E-state index contributed by atoms with van der Waals surface area (Å²) >= 11 is 1.43. The second-order valence-electron chi connectivity index (χ2n) is 4.23. The Kier molecular flexibility index (Phi) is 7.06. The molecule has 10 heteroatoms. The van der Waals surface area contributed by atoms with Crippen molar-refractivity contribution in [3.05, 3.63) is 40.3 Å². The van der Waals surface area contributed by atoms with Crippen LogP contribution in [0.25, 0.3) is 0 Å². The molecule has 1 aromatic carbocycles. The van der Waals surface area contributed by atoms with Crippen LogP contribution in [0.2, 0.25) is 0 Å². The number of nitrogens with one attached hydrogen (secondary N) is 1. The van der Waals surface area contributed by atoms with Gasteiger partial charge in [-0.3, -0.25) is 0 Å². The minimum absolute atomic E-state index is 0. The molecule has 2 rings (SSSR count). The average Bonchev–Trinajstić information content (AvgIpc) is 2.83. The van der Waals surface area contributed by atoms with Crippen LogP contribution >= 0.6 is 35.3 Å². The molecule has 0 bridgehead atoms. The number of para-hydroxylation sites is 2. The standard InChI is InChI=1S/C13H13F3N4OS.HI/c1-8-11(22-7-19-8)6-18-12(17)20-9-4-2-3-5-10(9)21-13(14,15)16;/h2-5,7H,6H2,1H3,(H3,17,18,20);1H. The molecule has 0 radical (unpaired) electrons. The molecule has 0 saturated heterocycles.